The van der Waals surface area contributed by atoms with Crippen molar-refractivity contribution in [1.29, 1.82) is 0 Å². The maximum absolute atomic E-state index is 9.71. The van der Waals surface area contributed by atoms with Crippen LogP contribution in [-0.4, -0.2) is 30.4 Å². The molecule has 0 heterocycles. The van der Waals surface area contributed by atoms with E-state index in [1.165, 1.54) is 0 Å². The molecule has 0 bridgehead atoms. The Bertz CT molecular complexity index is 329. The van der Waals surface area contributed by atoms with Gasteiger partial charge in [0.05, 0.1) is 19.3 Å². The van der Waals surface area contributed by atoms with Crippen LogP contribution in [0.1, 0.15) is 25.8 Å². The van der Waals surface area contributed by atoms with Gasteiger partial charge in [0.15, 0.2) is 0 Å². The van der Waals surface area contributed by atoms with Crippen LogP contribution in [0.4, 0.5) is 0 Å². The summed E-state index contributed by atoms with van der Waals surface area (Å²) in [5.74, 6) is 0. The zero-order chi connectivity index (χ0) is 13.4. The molecule has 3 nitrogen and oxygen atoms in total. The summed E-state index contributed by atoms with van der Waals surface area (Å²) in [7, 11) is 0. The molecule has 18 heavy (non-hydrogen) atoms. The lowest BCUT2D eigenvalue weighted by atomic mass is 10.2. The van der Waals surface area contributed by atoms with E-state index in [0.717, 1.165) is 17.0 Å². The normalized spacial score (nSPS) is 14.4. The Morgan fingerprint density at radius 3 is 2.61 bits per heavy atom. The molecule has 0 radical (unpaired) electrons. The lowest BCUT2D eigenvalue weighted by molar-refractivity contribution is 0.0278. The Hall–Kier alpha value is -0.610. The Labute approximate surface area is 114 Å². The molecule has 0 aliphatic heterocycles. The van der Waals surface area contributed by atoms with E-state index in [4.69, 9.17) is 16.3 Å². The van der Waals surface area contributed by atoms with Crippen molar-refractivity contribution < 1.29 is 9.84 Å². The van der Waals surface area contributed by atoms with Crippen molar-refractivity contribution in [2.24, 2.45) is 0 Å². The molecule has 0 saturated carbocycles. The highest BCUT2D eigenvalue weighted by atomic mass is 35.5. The fourth-order valence-electron chi connectivity index (χ4n) is 1.43. The van der Waals surface area contributed by atoms with Gasteiger partial charge in [-0.25, -0.2) is 0 Å². The second-order valence-corrected chi connectivity index (χ2v) is 4.95. The van der Waals surface area contributed by atoms with E-state index in [2.05, 4.69) is 19.2 Å². The quantitative estimate of drug-likeness (QED) is 0.764. The van der Waals surface area contributed by atoms with Crippen LogP contribution in [0.15, 0.2) is 24.3 Å². The fourth-order valence-corrected chi connectivity index (χ4v) is 1.56. The van der Waals surface area contributed by atoms with Crippen molar-refractivity contribution in [2.75, 3.05) is 13.2 Å². The molecular weight excluding hydrogens is 250 g/mol. The molecule has 0 aromatic heterocycles. The largest absolute Gasteiger partial charge is 0.389 e. The van der Waals surface area contributed by atoms with Crippen LogP contribution < -0.4 is 5.32 Å². The van der Waals surface area contributed by atoms with Gasteiger partial charge in [-0.05, 0) is 31.0 Å². The van der Waals surface area contributed by atoms with E-state index in [0.29, 0.717) is 25.8 Å². The Morgan fingerprint density at radius 2 is 2.00 bits per heavy atom. The maximum Gasteiger partial charge on any atom is 0.0897 e. The average molecular weight is 272 g/mol. The van der Waals surface area contributed by atoms with Gasteiger partial charge in [0.2, 0.25) is 0 Å². The molecule has 1 aromatic rings. The number of halogens is 1. The molecule has 4 heteroatoms. The maximum atomic E-state index is 9.71. The van der Waals surface area contributed by atoms with Gasteiger partial charge in [0, 0.05) is 17.6 Å². The number of benzene rings is 1. The van der Waals surface area contributed by atoms with Crippen molar-refractivity contribution in [2.45, 2.75) is 39.0 Å². The molecule has 0 saturated heterocycles. The zero-order valence-corrected chi connectivity index (χ0v) is 11.8. The second-order valence-electron chi connectivity index (χ2n) is 4.51. The third-order valence-electron chi connectivity index (χ3n) is 2.81. The van der Waals surface area contributed by atoms with E-state index in [9.17, 15) is 5.11 Å². The van der Waals surface area contributed by atoms with Gasteiger partial charge in [0.1, 0.15) is 0 Å². The van der Waals surface area contributed by atoms with Crippen LogP contribution in [0, 0.1) is 0 Å². The molecule has 0 aliphatic rings. The topological polar surface area (TPSA) is 41.5 Å². The summed E-state index contributed by atoms with van der Waals surface area (Å²) in [6.45, 7) is 5.61. The van der Waals surface area contributed by atoms with E-state index in [1.807, 2.05) is 24.3 Å². The monoisotopic (exact) mass is 271 g/mol. The molecule has 0 aliphatic carbocycles. The highest BCUT2D eigenvalue weighted by Crippen LogP contribution is 2.10. The van der Waals surface area contributed by atoms with Crippen molar-refractivity contribution in [3.8, 4) is 0 Å². The van der Waals surface area contributed by atoms with Gasteiger partial charge < -0.3 is 15.2 Å². The summed E-state index contributed by atoms with van der Waals surface area (Å²) in [6.07, 6.45) is 0.588. The van der Waals surface area contributed by atoms with Gasteiger partial charge in [-0.15, -0.1) is 0 Å². The lowest BCUT2D eigenvalue weighted by Crippen LogP contribution is -2.35. The van der Waals surface area contributed by atoms with Crippen molar-refractivity contribution >= 4 is 11.6 Å². The first-order chi connectivity index (χ1) is 8.61. The van der Waals surface area contributed by atoms with Gasteiger partial charge in [-0.3, -0.25) is 0 Å². The number of aliphatic hydroxyl groups is 1. The highest BCUT2D eigenvalue weighted by Gasteiger charge is 2.06. The van der Waals surface area contributed by atoms with E-state index in [1.54, 1.807) is 0 Å². The zero-order valence-electron chi connectivity index (χ0n) is 11.0. The standard InChI is InChI=1S/C14H22ClNO2/c1-3-11(2)16-8-14(17)10-18-9-12-4-6-13(15)7-5-12/h4-7,11,14,16-17H,3,8-10H2,1-2H3/t11-,14-/m0/s1. The molecule has 0 amide bonds. The minimum absolute atomic E-state index is 0.339. The van der Waals surface area contributed by atoms with Gasteiger partial charge in [-0.2, -0.15) is 0 Å². The lowest BCUT2D eigenvalue weighted by Gasteiger charge is -2.15. The summed E-state index contributed by atoms with van der Waals surface area (Å²) in [6, 6.07) is 7.94. The predicted octanol–water partition coefficient (Wildman–Crippen LogP) is 2.61. The van der Waals surface area contributed by atoms with Crippen molar-refractivity contribution in [3.05, 3.63) is 34.9 Å². The number of ether oxygens (including phenoxy) is 1. The average Bonchev–Trinajstić information content (AvgIpc) is 2.38. The van der Waals surface area contributed by atoms with Crippen LogP contribution in [-0.2, 0) is 11.3 Å². The number of rotatable bonds is 8. The predicted molar refractivity (Wildman–Crippen MR) is 74.9 cm³/mol. The Balaban J connectivity index is 2.15. The first-order valence-corrected chi connectivity index (χ1v) is 6.73. The van der Waals surface area contributed by atoms with Crippen LogP contribution in [0.2, 0.25) is 5.02 Å². The summed E-state index contributed by atoms with van der Waals surface area (Å²) in [4.78, 5) is 0. The van der Waals surface area contributed by atoms with Crippen molar-refractivity contribution in [1.82, 2.24) is 5.32 Å². The van der Waals surface area contributed by atoms with E-state index < -0.39 is 6.10 Å². The van der Waals surface area contributed by atoms with Crippen LogP contribution in [0.25, 0.3) is 0 Å². The summed E-state index contributed by atoms with van der Waals surface area (Å²) in [5, 5.41) is 13.7. The van der Waals surface area contributed by atoms with Crippen LogP contribution in [0.5, 0.6) is 0 Å². The van der Waals surface area contributed by atoms with Crippen LogP contribution in [0.3, 0.4) is 0 Å². The minimum Gasteiger partial charge on any atom is -0.389 e. The summed E-state index contributed by atoms with van der Waals surface area (Å²) in [5.41, 5.74) is 1.06. The SMILES string of the molecule is CC[C@H](C)NC[C@H](O)COCc1ccc(Cl)cc1. The molecule has 2 atom stereocenters. The van der Waals surface area contributed by atoms with Crippen molar-refractivity contribution in [3.63, 3.8) is 0 Å². The van der Waals surface area contributed by atoms with Gasteiger partial charge in [0.25, 0.3) is 0 Å². The number of nitrogens with one attached hydrogen (secondary N) is 1. The fraction of sp³-hybridized carbons (Fsp3) is 0.571. The third kappa shape index (κ3) is 6.36. The second kappa shape index (κ2) is 8.48. The number of aliphatic hydroxyl groups excluding tert-OH is 1. The number of hydrogen-bond acceptors (Lipinski definition) is 3. The molecular formula is C14H22ClNO2. The Morgan fingerprint density at radius 1 is 1.33 bits per heavy atom. The van der Waals surface area contributed by atoms with E-state index in [-0.39, 0.29) is 0 Å². The van der Waals surface area contributed by atoms with Gasteiger partial charge in [-0.1, -0.05) is 30.7 Å². The minimum atomic E-state index is -0.466. The summed E-state index contributed by atoms with van der Waals surface area (Å²) >= 11 is 5.79. The molecule has 1 aromatic carbocycles. The van der Waals surface area contributed by atoms with E-state index >= 15 is 0 Å². The van der Waals surface area contributed by atoms with Crippen LogP contribution >= 0.6 is 11.6 Å². The Kier molecular flexibility index (Phi) is 7.28. The third-order valence-corrected chi connectivity index (χ3v) is 3.06. The molecule has 0 fully saturated rings. The number of hydrogen-bond donors (Lipinski definition) is 2. The highest BCUT2D eigenvalue weighted by molar-refractivity contribution is 6.30. The molecule has 102 valence electrons. The first kappa shape index (κ1) is 15.4. The van der Waals surface area contributed by atoms with Gasteiger partial charge >= 0.3 is 0 Å². The molecule has 0 spiro atoms. The molecule has 0 unspecified atom stereocenters. The molecule has 1 rings (SSSR count). The summed E-state index contributed by atoms with van der Waals surface area (Å²) < 4.78 is 5.45. The first-order valence-electron chi connectivity index (χ1n) is 6.35. The molecule has 2 N–H and O–H groups in total. The smallest absolute Gasteiger partial charge is 0.0897 e.